The molecule has 0 radical (unpaired) electrons. The van der Waals surface area contributed by atoms with E-state index in [-0.39, 0.29) is 22.4 Å². The molecule has 0 saturated heterocycles. The van der Waals surface area contributed by atoms with Gasteiger partial charge in [-0.25, -0.2) is 4.79 Å². The van der Waals surface area contributed by atoms with Crippen LogP contribution < -0.4 is 11.2 Å². The molecule has 94 valence electrons. The van der Waals surface area contributed by atoms with Crippen molar-refractivity contribution < 1.29 is 0 Å². The Morgan fingerprint density at radius 2 is 2.00 bits per heavy atom. The molecule has 1 saturated carbocycles. The number of hydrogen-bond donors (Lipinski definition) is 1. The fourth-order valence-corrected chi connectivity index (χ4v) is 2.78. The van der Waals surface area contributed by atoms with Crippen molar-refractivity contribution in [2.45, 2.75) is 51.5 Å². The molecular formula is C12H17ClN2O2. The zero-order valence-corrected chi connectivity index (χ0v) is 10.7. The SMILES string of the molecule is CCCc1c(Cl)[nH]c(=O)n(C2CCCC2)c1=O. The van der Waals surface area contributed by atoms with Crippen molar-refractivity contribution in [3.63, 3.8) is 0 Å². The number of hydrogen-bond acceptors (Lipinski definition) is 2. The van der Waals surface area contributed by atoms with Crippen LogP contribution in [0.15, 0.2) is 9.59 Å². The largest absolute Gasteiger partial charge is 0.329 e. The lowest BCUT2D eigenvalue weighted by molar-refractivity contribution is 0.474. The Morgan fingerprint density at radius 3 is 2.59 bits per heavy atom. The molecule has 2 rings (SSSR count). The smallest absolute Gasteiger partial charge is 0.297 e. The van der Waals surface area contributed by atoms with E-state index in [1.165, 1.54) is 4.57 Å². The van der Waals surface area contributed by atoms with Crippen LogP contribution in [-0.2, 0) is 6.42 Å². The van der Waals surface area contributed by atoms with Crippen molar-refractivity contribution >= 4 is 11.6 Å². The van der Waals surface area contributed by atoms with Gasteiger partial charge in [-0.15, -0.1) is 0 Å². The van der Waals surface area contributed by atoms with Gasteiger partial charge in [-0.3, -0.25) is 14.3 Å². The predicted octanol–water partition coefficient (Wildman–Crippen LogP) is 2.26. The number of halogens is 1. The van der Waals surface area contributed by atoms with Crippen molar-refractivity contribution in [3.05, 3.63) is 31.6 Å². The van der Waals surface area contributed by atoms with Gasteiger partial charge in [0.2, 0.25) is 0 Å². The molecular weight excluding hydrogens is 240 g/mol. The molecule has 1 N–H and O–H groups in total. The molecule has 0 aliphatic heterocycles. The van der Waals surface area contributed by atoms with Crippen LogP contribution in [0.5, 0.6) is 0 Å². The minimum atomic E-state index is -0.369. The Balaban J connectivity index is 2.54. The van der Waals surface area contributed by atoms with E-state index >= 15 is 0 Å². The molecule has 1 heterocycles. The zero-order chi connectivity index (χ0) is 12.4. The van der Waals surface area contributed by atoms with E-state index in [2.05, 4.69) is 4.98 Å². The second kappa shape index (κ2) is 5.08. The van der Waals surface area contributed by atoms with Crippen molar-refractivity contribution in [1.29, 1.82) is 0 Å². The van der Waals surface area contributed by atoms with Crippen LogP contribution in [0.2, 0.25) is 5.15 Å². The number of H-pyrrole nitrogens is 1. The first kappa shape index (κ1) is 12.4. The molecule has 1 aromatic rings. The fourth-order valence-electron chi connectivity index (χ4n) is 2.52. The summed E-state index contributed by atoms with van der Waals surface area (Å²) in [5.74, 6) is 0. The molecule has 0 atom stereocenters. The standard InChI is InChI=1S/C12H17ClN2O2/c1-2-5-9-10(13)14-12(17)15(11(9)16)8-6-3-4-7-8/h8H,2-7H2,1H3,(H,14,17). The molecule has 4 nitrogen and oxygen atoms in total. The molecule has 17 heavy (non-hydrogen) atoms. The normalized spacial score (nSPS) is 16.6. The predicted molar refractivity (Wildman–Crippen MR) is 67.8 cm³/mol. The van der Waals surface area contributed by atoms with E-state index in [1.807, 2.05) is 6.92 Å². The summed E-state index contributed by atoms with van der Waals surface area (Å²) in [7, 11) is 0. The maximum atomic E-state index is 12.2. The van der Waals surface area contributed by atoms with Gasteiger partial charge in [-0.1, -0.05) is 37.8 Å². The second-order valence-corrected chi connectivity index (χ2v) is 4.96. The summed E-state index contributed by atoms with van der Waals surface area (Å²) < 4.78 is 1.36. The Labute approximate surface area is 105 Å². The van der Waals surface area contributed by atoms with E-state index in [4.69, 9.17) is 11.6 Å². The monoisotopic (exact) mass is 256 g/mol. The molecule has 1 aromatic heterocycles. The first-order valence-corrected chi connectivity index (χ1v) is 6.56. The van der Waals surface area contributed by atoms with Crippen LogP contribution in [0.3, 0.4) is 0 Å². The number of nitrogens with zero attached hydrogens (tertiary/aromatic N) is 1. The lowest BCUT2D eigenvalue weighted by atomic mass is 10.2. The molecule has 0 bridgehead atoms. The highest BCUT2D eigenvalue weighted by Crippen LogP contribution is 2.27. The van der Waals surface area contributed by atoms with Crippen LogP contribution in [0.25, 0.3) is 0 Å². The third kappa shape index (κ3) is 2.32. The number of aromatic amines is 1. The van der Waals surface area contributed by atoms with E-state index < -0.39 is 0 Å². The van der Waals surface area contributed by atoms with Crippen LogP contribution in [-0.4, -0.2) is 9.55 Å². The Kier molecular flexibility index (Phi) is 3.72. The first-order valence-electron chi connectivity index (χ1n) is 6.18. The fraction of sp³-hybridized carbons (Fsp3) is 0.667. The van der Waals surface area contributed by atoms with Gasteiger partial charge < -0.3 is 0 Å². The molecule has 1 aliphatic rings. The zero-order valence-electron chi connectivity index (χ0n) is 9.96. The van der Waals surface area contributed by atoms with Crippen LogP contribution in [0.1, 0.15) is 50.6 Å². The summed E-state index contributed by atoms with van der Waals surface area (Å²) in [6.45, 7) is 1.99. The highest BCUT2D eigenvalue weighted by Gasteiger charge is 2.22. The van der Waals surface area contributed by atoms with Crippen molar-refractivity contribution in [2.75, 3.05) is 0 Å². The molecule has 1 fully saturated rings. The minimum Gasteiger partial charge on any atom is -0.297 e. The summed E-state index contributed by atoms with van der Waals surface area (Å²) in [6, 6.07) is 0.0547. The van der Waals surface area contributed by atoms with E-state index in [0.29, 0.717) is 12.0 Å². The average Bonchev–Trinajstić information content (AvgIpc) is 2.77. The molecule has 0 aromatic carbocycles. The third-order valence-corrected chi connectivity index (χ3v) is 3.69. The van der Waals surface area contributed by atoms with Gasteiger partial charge in [0.1, 0.15) is 5.15 Å². The maximum Gasteiger partial charge on any atom is 0.329 e. The van der Waals surface area contributed by atoms with Crippen molar-refractivity contribution in [1.82, 2.24) is 9.55 Å². The Bertz CT molecular complexity index is 512. The average molecular weight is 257 g/mol. The summed E-state index contributed by atoms with van der Waals surface area (Å²) in [4.78, 5) is 26.7. The van der Waals surface area contributed by atoms with Gasteiger partial charge >= 0.3 is 5.69 Å². The quantitative estimate of drug-likeness (QED) is 0.844. The molecule has 5 heteroatoms. The van der Waals surface area contributed by atoms with Crippen LogP contribution in [0.4, 0.5) is 0 Å². The Morgan fingerprint density at radius 1 is 1.35 bits per heavy atom. The molecule has 0 spiro atoms. The highest BCUT2D eigenvalue weighted by molar-refractivity contribution is 6.30. The summed E-state index contributed by atoms with van der Waals surface area (Å²) in [5.41, 5.74) is -0.0279. The van der Waals surface area contributed by atoms with Gasteiger partial charge in [-0.05, 0) is 19.3 Å². The van der Waals surface area contributed by atoms with Crippen molar-refractivity contribution in [2.24, 2.45) is 0 Å². The van der Waals surface area contributed by atoms with Crippen LogP contribution >= 0.6 is 11.6 Å². The summed E-state index contributed by atoms with van der Waals surface area (Å²) in [5, 5.41) is 0.205. The van der Waals surface area contributed by atoms with Gasteiger partial charge in [0.05, 0.1) is 5.56 Å². The van der Waals surface area contributed by atoms with Crippen LogP contribution in [0, 0.1) is 0 Å². The van der Waals surface area contributed by atoms with E-state index in [1.54, 1.807) is 0 Å². The van der Waals surface area contributed by atoms with Gasteiger partial charge in [-0.2, -0.15) is 0 Å². The van der Waals surface area contributed by atoms with Crippen molar-refractivity contribution in [3.8, 4) is 0 Å². The third-order valence-electron chi connectivity index (χ3n) is 3.37. The van der Waals surface area contributed by atoms with E-state index in [9.17, 15) is 9.59 Å². The number of nitrogens with one attached hydrogen (secondary N) is 1. The first-order chi connectivity index (χ1) is 8.15. The number of rotatable bonds is 3. The summed E-state index contributed by atoms with van der Waals surface area (Å²) >= 11 is 5.92. The lowest BCUT2D eigenvalue weighted by Gasteiger charge is -2.14. The molecule has 1 aliphatic carbocycles. The van der Waals surface area contributed by atoms with Gasteiger partial charge in [0.25, 0.3) is 5.56 Å². The molecule has 0 unspecified atom stereocenters. The topological polar surface area (TPSA) is 54.9 Å². The maximum absolute atomic E-state index is 12.2. The second-order valence-electron chi connectivity index (χ2n) is 4.59. The Hall–Kier alpha value is -1.03. The van der Waals surface area contributed by atoms with Gasteiger partial charge in [0, 0.05) is 6.04 Å². The molecule has 0 amide bonds. The van der Waals surface area contributed by atoms with Gasteiger partial charge in [0.15, 0.2) is 0 Å². The number of aromatic nitrogens is 2. The summed E-state index contributed by atoms with van der Waals surface area (Å²) in [6.07, 6.45) is 5.45. The highest BCUT2D eigenvalue weighted by atomic mass is 35.5. The van der Waals surface area contributed by atoms with E-state index in [0.717, 1.165) is 32.1 Å². The lowest BCUT2D eigenvalue weighted by Crippen LogP contribution is -2.39. The minimum absolute atomic E-state index is 0.0547.